The molecule has 4 atom stereocenters. The highest BCUT2D eigenvalue weighted by molar-refractivity contribution is 6.03. The highest BCUT2D eigenvalue weighted by atomic mass is 16.6. The van der Waals surface area contributed by atoms with Crippen LogP contribution < -0.4 is 0 Å². The number of esters is 1. The van der Waals surface area contributed by atoms with Crippen molar-refractivity contribution in [1.29, 1.82) is 0 Å². The van der Waals surface area contributed by atoms with Gasteiger partial charge in [0.25, 0.3) is 0 Å². The Morgan fingerprint density at radius 3 is 2.15 bits per heavy atom. The van der Waals surface area contributed by atoms with Crippen molar-refractivity contribution in [3.8, 4) is 0 Å². The summed E-state index contributed by atoms with van der Waals surface area (Å²) in [6.07, 6.45) is 2.42. The zero-order valence-corrected chi connectivity index (χ0v) is 21.3. The van der Waals surface area contributed by atoms with E-state index in [2.05, 4.69) is 13.8 Å². The second-order valence-corrected chi connectivity index (χ2v) is 12.1. The van der Waals surface area contributed by atoms with E-state index >= 15 is 0 Å². The molecule has 0 saturated heterocycles. The molecule has 2 fully saturated rings. The summed E-state index contributed by atoms with van der Waals surface area (Å²) in [7, 11) is 0. The molecule has 2 saturated carbocycles. The monoisotopic (exact) mass is 456 g/mol. The highest BCUT2D eigenvalue weighted by Crippen LogP contribution is 2.70. The zero-order chi connectivity index (χ0) is 24.9. The number of hydrogen-bond acceptors (Lipinski definition) is 5. The van der Waals surface area contributed by atoms with E-state index in [1.165, 1.54) is 6.92 Å². The molecule has 0 heterocycles. The Kier molecular flexibility index (Phi) is 6.47. The van der Waals surface area contributed by atoms with Crippen LogP contribution in [0.15, 0.2) is 30.3 Å². The van der Waals surface area contributed by atoms with E-state index in [1.54, 1.807) is 20.8 Å². The van der Waals surface area contributed by atoms with Crippen LogP contribution in [-0.4, -0.2) is 33.8 Å². The zero-order valence-electron chi connectivity index (χ0n) is 21.3. The first-order chi connectivity index (χ1) is 15.1. The number of hydrogen-bond donors (Lipinski definition) is 1. The normalized spacial score (nSPS) is 30.0. The predicted molar refractivity (Wildman–Crippen MR) is 128 cm³/mol. The van der Waals surface area contributed by atoms with E-state index in [-0.39, 0.29) is 36.2 Å². The number of carbonyl (C=O) groups is 3. The van der Waals surface area contributed by atoms with Crippen LogP contribution in [0.3, 0.4) is 0 Å². The minimum atomic E-state index is -1.48. The molecule has 2 bridgehead atoms. The third-order valence-corrected chi connectivity index (χ3v) is 8.94. The van der Waals surface area contributed by atoms with Gasteiger partial charge in [-0.1, -0.05) is 51.1 Å². The maximum absolute atomic E-state index is 13.6. The van der Waals surface area contributed by atoms with Crippen molar-refractivity contribution in [3.05, 3.63) is 35.9 Å². The average Bonchev–Trinajstić information content (AvgIpc) is 3.02. The second-order valence-electron chi connectivity index (χ2n) is 12.1. The fourth-order valence-electron chi connectivity index (χ4n) is 6.26. The van der Waals surface area contributed by atoms with Gasteiger partial charge < -0.3 is 9.84 Å². The Balaban J connectivity index is 1.91. The molecular formula is C28H40O5. The molecule has 182 valence electrons. The Labute approximate surface area is 198 Å². The van der Waals surface area contributed by atoms with Crippen molar-refractivity contribution in [2.24, 2.45) is 22.2 Å². The van der Waals surface area contributed by atoms with Crippen molar-refractivity contribution in [1.82, 2.24) is 0 Å². The molecule has 0 unspecified atom stereocenters. The van der Waals surface area contributed by atoms with Crippen molar-refractivity contribution >= 4 is 17.5 Å². The Bertz CT molecular complexity index is 927. The minimum absolute atomic E-state index is 0.0223. The average molecular weight is 457 g/mol. The molecule has 0 aromatic heterocycles. The largest absolute Gasteiger partial charge is 0.459 e. The van der Waals surface area contributed by atoms with E-state index < -0.39 is 28.0 Å². The topological polar surface area (TPSA) is 80.7 Å². The van der Waals surface area contributed by atoms with Gasteiger partial charge in [0.2, 0.25) is 0 Å². The second kappa shape index (κ2) is 8.33. The van der Waals surface area contributed by atoms with Crippen LogP contribution in [-0.2, 0) is 25.5 Å². The van der Waals surface area contributed by atoms with Crippen LogP contribution in [0.4, 0.5) is 0 Å². The molecule has 3 rings (SSSR count). The molecule has 5 heteroatoms. The van der Waals surface area contributed by atoms with Gasteiger partial charge in [-0.15, -0.1) is 0 Å². The van der Waals surface area contributed by atoms with Crippen LogP contribution in [0.2, 0.25) is 0 Å². The van der Waals surface area contributed by atoms with Gasteiger partial charge in [-0.2, -0.15) is 0 Å². The van der Waals surface area contributed by atoms with Crippen LogP contribution >= 0.6 is 0 Å². The number of aliphatic hydroxyl groups is 1. The lowest BCUT2D eigenvalue weighted by Gasteiger charge is -2.44. The van der Waals surface area contributed by atoms with Gasteiger partial charge in [0.15, 0.2) is 5.78 Å². The quantitative estimate of drug-likeness (QED) is 0.436. The summed E-state index contributed by atoms with van der Waals surface area (Å²) < 4.78 is 5.69. The van der Waals surface area contributed by atoms with Gasteiger partial charge in [0.1, 0.15) is 22.4 Å². The molecule has 0 radical (unpaired) electrons. The van der Waals surface area contributed by atoms with Crippen LogP contribution in [0.25, 0.3) is 0 Å². The fourth-order valence-corrected chi connectivity index (χ4v) is 6.26. The third kappa shape index (κ3) is 4.18. The third-order valence-electron chi connectivity index (χ3n) is 8.94. The Hall–Kier alpha value is -2.01. The van der Waals surface area contributed by atoms with E-state index in [4.69, 9.17) is 4.74 Å². The van der Waals surface area contributed by atoms with Gasteiger partial charge in [-0.3, -0.25) is 14.4 Å². The molecule has 0 amide bonds. The first-order valence-electron chi connectivity index (χ1n) is 12.1. The maximum atomic E-state index is 13.6. The number of fused-ring (bicyclic) bond motifs is 2. The molecule has 5 nitrogen and oxygen atoms in total. The number of ether oxygens (including phenoxy) is 1. The first kappa shape index (κ1) is 25.6. The number of carbonyl (C=O) groups excluding carboxylic acids is 3. The molecule has 1 aromatic rings. The smallest absolute Gasteiger partial charge is 0.320 e. The van der Waals surface area contributed by atoms with Crippen LogP contribution in [0.5, 0.6) is 0 Å². The lowest BCUT2D eigenvalue weighted by molar-refractivity contribution is -0.171. The number of ketones is 2. The van der Waals surface area contributed by atoms with Gasteiger partial charge in [-0.25, -0.2) is 0 Å². The summed E-state index contributed by atoms with van der Waals surface area (Å²) in [4.78, 5) is 40.0. The number of benzene rings is 1. The fraction of sp³-hybridized carbons (Fsp3) is 0.679. The summed E-state index contributed by atoms with van der Waals surface area (Å²) in [5.74, 6) is -0.891. The standard InChI is InChI=1S/C28H40O5/c1-19(29)27(23(31)33-24(2,3)4,17-20-11-9-8-10-12-20)16-14-22(30)28(32)18-21-13-15-26(28,7)25(21,5)6/h8-12,21,32H,13-18H2,1-7H3/t21-,26-,27-,28+/m1/s1. The Morgan fingerprint density at radius 1 is 1.09 bits per heavy atom. The molecule has 0 spiro atoms. The van der Waals surface area contributed by atoms with E-state index in [9.17, 15) is 19.5 Å². The maximum Gasteiger partial charge on any atom is 0.320 e. The molecule has 33 heavy (non-hydrogen) atoms. The molecule has 2 aliphatic carbocycles. The van der Waals surface area contributed by atoms with Gasteiger partial charge in [-0.05, 0) is 76.7 Å². The summed E-state index contributed by atoms with van der Waals surface area (Å²) in [5, 5.41) is 11.6. The summed E-state index contributed by atoms with van der Waals surface area (Å²) >= 11 is 0. The summed E-state index contributed by atoms with van der Waals surface area (Å²) in [5.41, 5.74) is -3.48. The molecular weight excluding hydrogens is 416 g/mol. The summed E-state index contributed by atoms with van der Waals surface area (Å²) in [6.45, 7) is 13.0. The van der Waals surface area contributed by atoms with E-state index in [1.807, 2.05) is 37.3 Å². The molecule has 1 N–H and O–H groups in total. The minimum Gasteiger partial charge on any atom is -0.459 e. The number of rotatable bonds is 8. The lowest BCUT2D eigenvalue weighted by atomic mass is 9.62. The van der Waals surface area contributed by atoms with Crippen LogP contribution in [0, 0.1) is 22.2 Å². The number of Topliss-reactive ketones (excluding diaryl/α,β-unsaturated/α-hetero) is 2. The van der Waals surface area contributed by atoms with Gasteiger partial charge in [0.05, 0.1) is 0 Å². The van der Waals surface area contributed by atoms with E-state index in [0.29, 0.717) is 12.3 Å². The van der Waals surface area contributed by atoms with Crippen molar-refractivity contribution in [2.45, 2.75) is 98.2 Å². The van der Waals surface area contributed by atoms with E-state index in [0.717, 1.165) is 18.4 Å². The predicted octanol–water partition coefficient (Wildman–Crippen LogP) is 5.07. The van der Waals surface area contributed by atoms with Gasteiger partial charge >= 0.3 is 5.97 Å². The first-order valence-corrected chi connectivity index (χ1v) is 12.1. The van der Waals surface area contributed by atoms with Gasteiger partial charge in [0, 0.05) is 11.8 Å². The molecule has 1 aromatic carbocycles. The van der Waals surface area contributed by atoms with Crippen LogP contribution in [0.1, 0.15) is 86.1 Å². The van der Waals surface area contributed by atoms with Crippen molar-refractivity contribution in [3.63, 3.8) is 0 Å². The summed E-state index contributed by atoms with van der Waals surface area (Å²) in [6, 6.07) is 9.35. The lowest BCUT2D eigenvalue weighted by Crippen LogP contribution is -2.53. The van der Waals surface area contributed by atoms with Crippen molar-refractivity contribution < 1.29 is 24.2 Å². The Morgan fingerprint density at radius 2 is 1.70 bits per heavy atom. The van der Waals surface area contributed by atoms with Crippen molar-refractivity contribution in [2.75, 3.05) is 0 Å². The SMILES string of the molecule is CC(=O)[C@@](CCC(=O)[C@@]1(O)C[C@H]2CC[C@]1(C)C2(C)C)(Cc1ccccc1)C(=O)OC(C)(C)C. The molecule has 2 aliphatic rings. The highest BCUT2D eigenvalue weighted by Gasteiger charge is 2.70. The molecule has 0 aliphatic heterocycles.